The van der Waals surface area contributed by atoms with Crippen molar-refractivity contribution in [1.29, 1.82) is 0 Å². The lowest BCUT2D eigenvalue weighted by molar-refractivity contribution is 0.0371. The molecule has 0 spiro atoms. The van der Waals surface area contributed by atoms with Gasteiger partial charge < -0.3 is 20.6 Å². The van der Waals surface area contributed by atoms with Crippen LogP contribution in [0.2, 0.25) is 0 Å². The van der Waals surface area contributed by atoms with Crippen molar-refractivity contribution >= 4 is 6.03 Å². The molecule has 5 nitrogen and oxygen atoms in total. The quantitative estimate of drug-likeness (QED) is 0.518. The molecule has 1 heterocycles. The topological polar surface area (TPSA) is 64.6 Å². The minimum Gasteiger partial charge on any atom is -0.387 e. The first kappa shape index (κ1) is 10.3. The summed E-state index contributed by atoms with van der Waals surface area (Å²) >= 11 is 0. The Morgan fingerprint density at radius 3 is 2.92 bits per heavy atom. The van der Waals surface area contributed by atoms with Gasteiger partial charge in [0.15, 0.2) is 0 Å². The zero-order valence-corrected chi connectivity index (χ0v) is 8.13. The molecule has 1 unspecified atom stereocenters. The number of nitrogens with one attached hydrogen (secondary N) is 2. The van der Waals surface area contributed by atoms with Crippen LogP contribution in [0, 0.1) is 0 Å². The van der Waals surface area contributed by atoms with Gasteiger partial charge >= 0.3 is 6.03 Å². The van der Waals surface area contributed by atoms with Crippen LogP contribution in [-0.4, -0.2) is 55.4 Å². The van der Waals surface area contributed by atoms with Crippen LogP contribution in [0.1, 0.15) is 6.42 Å². The first-order chi connectivity index (χ1) is 6.07. The molecular weight excluding hydrogens is 170 g/mol. The minimum absolute atomic E-state index is 0.166. The molecule has 2 amide bonds. The molecule has 1 saturated heterocycles. The number of hydrogen-bond acceptors (Lipinski definition) is 3. The molecule has 1 atom stereocenters. The average molecular weight is 187 g/mol. The van der Waals surface area contributed by atoms with Gasteiger partial charge in [-0.2, -0.15) is 0 Å². The van der Waals surface area contributed by atoms with Crippen molar-refractivity contribution in [2.75, 3.05) is 33.7 Å². The van der Waals surface area contributed by atoms with E-state index in [2.05, 4.69) is 10.6 Å². The zero-order valence-electron chi connectivity index (χ0n) is 8.13. The van der Waals surface area contributed by atoms with E-state index in [0.717, 1.165) is 6.54 Å². The molecule has 1 aliphatic rings. The molecule has 0 aromatic carbocycles. The molecule has 0 radical (unpaired) electrons. The van der Waals surface area contributed by atoms with Crippen molar-refractivity contribution < 1.29 is 9.90 Å². The third-order valence-electron chi connectivity index (χ3n) is 2.31. The number of aliphatic hydroxyl groups is 1. The van der Waals surface area contributed by atoms with Crippen molar-refractivity contribution in [3.05, 3.63) is 0 Å². The predicted molar refractivity (Wildman–Crippen MR) is 49.5 cm³/mol. The van der Waals surface area contributed by atoms with Crippen LogP contribution >= 0.6 is 0 Å². The van der Waals surface area contributed by atoms with Crippen LogP contribution < -0.4 is 10.6 Å². The summed E-state index contributed by atoms with van der Waals surface area (Å²) in [4.78, 5) is 12.6. The van der Waals surface area contributed by atoms with Gasteiger partial charge in [0.2, 0.25) is 0 Å². The number of likely N-dealkylation sites (N-methyl/N-ethyl adjacent to an activating group) is 1. The van der Waals surface area contributed by atoms with Gasteiger partial charge in [-0.15, -0.1) is 0 Å². The van der Waals surface area contributed by atoms with Gasteiger partial charge in [0.05, 0.1) is 12.1 Å². The van der Waals surface area contributed by atoms with E-state index in [-0.39, 0.29) is 6.03 Å². The van der Waals surface area contributed by atoms with Crippen molar-refractivity contribution in [2.45, 2.75) is 12.0 Å². The first-order valence-corrected chi connectivity index (χ1v) is 4.43. The normalized spacial score (nSPS) is 27.3. The fourth-order valence-electron chi connectivity index (χ4n) is 1.57. The van der Waals surface area contributed by atoms with Gasteiger partial charge in [0.1, 0.15) is 0 Å². The van der Waals surface area contributed by atoms with Crippen molar-refractivity contribution in [3.63, 3.8) is 0 Å². The van der Waals surface area contributed by atoms with Crippen molar-refractivity contribution in [1.82, 2.24) is 15.5 Å². The maximum absolute atomic E-state index is 11.1. The SMILES string of the molecule is CNC(=O)N(C)CC1(O)CCNC1. The van der Waals surface area contributed by atoms with Crippen LogP contribution in [0.3, 0.4) is 0 Å². The van der Waals surface area contributed by atoms with E-state index in [0.29, 0.717) is 19.5 Å². The lowest BCUT2D eigenvalue weighted by atomic mass is 10.0. The molecule has 0 aromatic rings. The second kappa shape index (κ2) is 3.93. The lowest BCUT2D eigenvalue weighted by Crippen LogP contribution is -2.47. The second-order valence-electron chi connectivity index (χ2n) is 3.56. The highest BCUT2D eigenvalue weighted by Gasteiger charge is 2.33. The van der Waals surface area contributed by atoms with E-state index in [1.807, 2.05) is 0 Å². The number of nitrogens with zero attached hydrogens (tertiary/aromatic N) is 1. The maximum atomic E-state index is 11.1. The summed E-state index contributed by atoms with van der Waals surface area (Å²) in [6.07, 6.45) is 0.703. The predicted octanol–water partition coefficient (Wildman–Crippen LogP) is -1.02. The van der Waals surface area contributed by atoms with E-state index >= 15 is 0 Å². The smallest absolute Gasteiger partial charge is 0.316 e. The number of amides is 2. The standard InChI is InChI=1S/C8H17N3O2/c1-9-7(12)11(2)6-8(13)3-4-10-5-8/h10,13H,3-6H2,1-2H3,(H,9,12). The van der Waals surface area contributed by atoms with Gasteiger partial charge in [-0.05, 0) is 13.0 Å². The molecule has 0 bridgehead atoms. The Kier molecular flexibility index (Phi) is 3.11. The zero-order chi connectivity index (χ0) is 9.90. The Morgan fingerprint density at radius 1 is 1.77 bits per heavy atom. The molecule has 1 aliphatic heterocycles. The van der Waals surface area contributed by atoms with E-state index in [1.165, 1.54) is 4.90 Å². The lowest BCUT2D eigenvalue weighted by Gasteiger charge is -2.27. The van der Waals surface area contributed by atoms with E-state index in [1.54, 1.807) is 14.1 Å². The van der Waals surface area contributed by atoms with E-state index < -0.39 is 5.60 Å². The largest absolute Gasteiger partial charge is 0.387 e. The number of hydrogen-bond donors (Lipinski definition) is 3. The number of carbonyl (C=O) groups is 1. The Hall–Kier alpha value is -0.810. The molecular formula is C8H17N3O2. The first-order valence-electron chi connectivity index (χ1n) is 4.43. The summed E-state index contributed by atoms with van der Waals surface area (Å²) < 4.78 is 0. The molecule has 76 valence electrons. The van der Waals surface area contributed by atoms with E-state index in [4.69, 9.17) is 0 Å². The number of urea groups is 1. The molecule has 1 rings (SSSR count). The number of β-amino-alcohol motifs (C(OH)–C–C–N with tert-alkyl or cyclic N) is 1. The average Bonchev–Trinajstić information content (AvgIpc) is 2.50. The molecule has 0 aromatic heterocycles. The molecule has 5 heteroatoms. The Morgan fingerprint density at radius 2 is 2.46 bits per heavy atom. The van der Waals surface area contributed by atoms with E-state index in [9.17, 15) is 9.90 Å². The van der Waals surface area contributed by atoms with Gasteiger partial charge in [0.25, 0.3) is 0 Å². The number of rotatable bonds is 2. The third-order valence-corrected chi connectivity index (χ3v) is 2.31. The van der Waals surface area contributed by atoms with Gasteiger partial charge in [-0.3, -0.25) is 0 Å². The van der Waals surface area contributed by atoms with Gasteiger partial charge in [0, 0.05) is 20.6 Å². The van der Waals surface area contributed by atoms with Crippen LogP contribution in [-0.2, 0) is 0 Å². The molecule has 13 heavy (non-hydrogen) atoms. The maximum Gasteiger partial charge on any atom is 0.316 e. The Bertz CT molecular complexity index is 190. The molecule has 0 saturated carbocycles. The molecule has 0 aliphatic carbocycles. The van der Waals surface area contributed by atoms with Crippen LogP contribution in [0.5, 0.6) is 0 Å². The van der Waals surface area contributed by atoms with Crippen molar-refractivity contribution in [3.8, 4) is 0 Å². The summed E-state index contributed by atoms with van der Waals surface area (Å²) in [5.74, 6) is 0. The summed E-state index contributed by atoms with van der Waals surface area (Å²) in [5, 5.41) is 15.5. The minimum atomic E-state index is -0.749. The monoisotopic (exact) mass is 187 g/mol. The van der Waals surface area contributed by atoms with Crippen molar-refractivity contribution in [2.24, 2.45) is 0 Å². The molecule has 3 N–H and O–H groups in total. The highest BCUT2D eigenvalue weighted by atomic mass is 16.3. The fourth-order valence-corrected chi connectivity index (χ4v) is 1.57. The molecule has 1 fully saturated rings. The summed E-state index contributed by atoms with van der Waals surface area (Å²) in [6, 6.07) is -0.166. The highest BCUT2D eigenvalue weighted by molar-refractivity contribution is 5.73. The number of carbonyl (C=O) groups excluding carboxylic acids is 1. The van der Waals surface area contributed by atoms with Gasteiger partial charge in [-0.1, -0.05) is 0 Å². The summed E-state index contributed by atoms with van der Waals surface area (Å²) in [6.45, 7) is 1.76. The Labute approximate surface area is 78.1 Å². The van der Waals surface area contributed by atoms with Crippen LogP contribution in [0.25, 0.3) is 0 Å². The van der Waals surface area contributed by atoms with Gasteiger partial charge in [-0.25, -0.2) is 4.79 Å². The van der Waals surface area contributed by atoms with Crippen LogP contribution in [0.15, 0.2) is 0 Å². The second-order valence-corrected chi connectivity index (χ2v) is 3.56. The summed E-state index contributed by atoms with van der Waals surface area (Å²) in [5.41, 5.74) is -0.749. The van der Waals surface area contributed by atoms with Crippen LogP contribution in [0.4, 0.5) is 4.79 Å². The Balaban J connectivity index is 2.42. The fraction of sp³-hybridized carbons (Fsp3) is 0.875. The highest BCUT2D eigenvalue weighted by Crippen LogP contribution is 2.14. The summed E-state index contributed by atoms with van der Waals surface area (Å²) in [7, 11) is 3.25. The third kappa shape index (κ3) is 2.57.